The SMILES string of the molecule is Cc1ccccc1C(=O)NCc1cc(-c2ccco2)n(C)n1. The molecule has 0 aliphatic carbocycles. The Morgan fingerprint density at radius 3 is 2.82 bits per heavy atom. The third-order valence-corrected chi connectivity index (χ3v) is 3.52. The van der Waals surface area contributed by atoms with Crippen LogP contribution < -0.4 is 5.32 Å². The summed E-state index contributed by atoms with van der Waals surface area (Å²) in [5.41, 5.74) is 3.31. The molecule has 0 saturated carbocycles. The summed E-state index contributed by atoms with van der Waals surface area (Å²) >= 11 is 0. The van der Waals surface area contributed by atoms with Crippen molar-refractivity contribution in [2.24, 2.45) is 7.05 Å². The van der Waals surface area contributed by atoms with Crippen LogP contribution in [0.25, 0.3) is 11.5 Å². The average molecular weight is 295 g/mol. The molecule has 2 heterocycles. The zero-order chi connectivity index (χ0) is 15.5. The van der Waals surface area contributed by atoms with Crippen LogP contribution in [0, 0.1) is 6.92 Å². The second kappa shape index (κ2) is 5.89. The number of aryl methyl sites for hydroxylation is 2. The Balaban J connectivity index is 1.71. The molecule has 0 unspecified atom stereocenters. The fourth-order valence-electron chi connectivity index (χ4n) is 2.36. The summed E-state index contributed by atoms with van der Waals surface area (Å²) in [5, 5.41) is 7.29. The van der Waals surface area contributed by atoms with Crippen molar-refractivity contribution in [1.29, 1.82) is 0 Å². The van der Waals surface area contributed by atoms with Gasteiger partial charge in [-0.25, -0.2) is 0 Å². The van der Waals surface area contributed by atoms with Crippen LogP contribution in [-0.2, 0) is 13.6 Å². The minimum absolute atomic E-state index is 0.0942. The number of rotatable bonds is 4. The second-order valence-electron chi connectivity index (χ2n) is 5.12. The van der Waals surface area contributed by atoms with Gasteiger partial charge in [-0.05, 0) is 36.8 Å². The molecule has 1 amide bonds. The summed E-state index contributed by atoms with van der Waals surface area (Å²) in [6, 6.07) is 13.1. The van der Waals surface area contributed by atoms with Crippen LogP contribution in [0.1, 0.15) is 21.6 Å². The van der Waals surface area contributed by atoms with Gasteiger partial charge in [0.25, 0.3) is 5.91 Å². The number of hydrogen-bond acceptors (Lipinski definition) is 3. The zero-order valence-electron chi connectivity index (χ0n) is 12.5. The van der Waals surface area contributed by atoms with Gasteiger partial charge in [0.05, 0.1) is 18.5 Å². The highest BCUT2D eigenvalue weighted by Crippen LogP contribution is 2.20. The minimum atomic E-state index is -0.0942. The summed E-state index contributed by atoms with van der Waals surface area (Å²) in [4.78, 5) is 12.2. The van der Waals surface area contributed by atoms with E-state index in [-0.39, 0.29) is 5.91 Å². The predicted molar refractivity (Wildman–Crippen MR) is 83.3 cm³/mol. The maximum absolute atomic E-state index is 12.2. The molecular weight excluding hydrogens is 278 g/mol. The zero-order valence-corrected chi connectivity index (χ0v) is 12.5. The van der Waals surface area contributed by atoms with Gasteiger partial charge in [0, 0.05) is 12.6 Å². The first-order valence-corrected chi connectivity index (χ1v) is 7.06. The lowest BCUT2D eigenvalue weighted by Crippen LogP contribution is -2.23. The molecule has 0 aliphatic rings. The van der Waals surface area contributed by atoms with E-state index >= 15 is 0 Å². The van der Waals surface area contributed by atoms with Gasteiger partial charge in [0.15, 0.2) is 5.76 Å². The lowest BCUT2D eigenvalue weighted by atomic mass is 10.1. The highest BCUT2D eigenvalue weighted by Gasteiger charge is 2.12. The smallest absolute Gasteiger partial charge is 0.251 e. The maximum atomic E-state index is 12.2. The van der Waals surface area contributed by atoms with Gasteiger partial charge >= 0.3 is 0 Å². The summed E-state index contributed by atoms with van der Waals surface area (Å²) < 4.78 is 7.12. The number of nitrogens with one attached hydrogen (secondary N) is 1. The molecule has 0 bridgehead atoms. The van der Waals surface area contributed by atoms with Crippen molar-refractivity contribution in [3.63, 3.8) is 0 Å². The molecule has 0 radical (unpaired) electrons. The van der Waals surface area contributed by atoms with Gasteiger partial charge < -0.3 is 9.73 Å². The van der Waals surface area contributed by atoms with Crippen LogP contribution in [0.5, 0.6) is 0 Å². The molecule has 0 saturated heterocycles. The molecule has 0 atom stereocenters. The van der Waals surface area contributed by atoms with Crippen molar-refractivity contribution in [2.75, 3.05) is 0 Å². The number of carbonyl (C=O) groups is 1. The van der Waals surface area contributed by atoms with Crippen molar-refractivity contribution in [3.05, 3.63) is 65.5 Å². The summed E-state index contributed by atoms with van der Waals surface area (Å²) in [7, 11) is 1.85. The van der Waals surface area contributed by atoms with Crippen LogP contribution >= 0.6 is 0 Å². The Kier molecular flexibility index (Phi) is 3.78. The monoisotopic (exact) mass is 295 g/mol. The number of furan rings is 1. The Morgan fingerprint density at radius 2 is 2.09 bits per heavy atom. The summed E-state index contributed by atoms with van der Waals surface area (Å²) in [6.07, 6.45) is 1.63. The molecule has 3 rings (SSSR count). The van der Waals surface area contributed by atoms with Crippen LogP contribution in [0.2, 0.25) is 0 Å². The van der Waals surface area contributed by atoms with Crippen molar-refractivity contribution in [3.8, 4) is 11.5 Å². The van der Waals surface area contributed by atoms with Crippen molar-refractivity contribution < 1.29 is 9.21 Å². The van der Waals surface area contributed by atoms with E-state index < -0.39 is 0 Å². The van der Waals surface area contributed by atoms with Crippen LogP contribution in [0.4, 0.5) is 0 Å². The molecule has 3 aromatic rings. The molecule has 5 heteroatoms. The predicted octanol–water partition coefficient (Wildman–Crippen LogP) is 2.92. The van der Waals surface area contributed by atoms with Crippen molar-refractivity contribution >= 4 is 5.91 Å². The molecule has 2 aromatic heterocycles. The van der Waals surface area contributed by atoms with Crippen molar-refractivity contribution in [1.82, 2.24) is 15.1 Å². The highest BCUT2D eigenvalue weighted by molar-refractivity contribution is 5.95. The van der Waals surface area contributed by atoms with Gasteiger partial charge in [-0.15, -0.1) is 0 Å². The van der Waals surface area contributed by atoms with Gasteiger partial charge in [0.1, 0.15) is 5.69 Å². The normalized spacial score (nSPS) is 10.6. The molecule has 112 valence electrons. The van der Waals surface area contributed by atoms with Crippen LogP contribution in [0.3, 0.4) is 0 Å². The first-order valence-electron chi connectivity index (χ1n) is 7.06. The number of carbonyl (C=O) groups excluding carboxylic acids is 1. The molecule has 0 fully saturated rings. The molecule has 0 spiro atoms. The fourth-order valence-corrected chi connectivity index (χ4v) is 2.36. The van der Waals surface area contributed by atoms with E-state index in [2.05, 4.69) is 10.4 Å². The number of aromatic nitrogens is 2. The molecule has 1 N–H and O–H groups in total. The Morgan fingerprint density at radius 1 is 1.27 bits per heavy atom. The largest absolute Gasteiger partial charge is 0.463 e. The lowest BCUT2D eigenvalue weighted by molar-refractivity contribution is 0.0949. The number of amides is 1. The van der Waals surface area contributed by atoms with E-state index in [0.29, 0.717) is 12.1 Å². The standard InChI is InChI=1S/C17H17N3O2/c1-12-6-3-4-7-14(12)17(21)18-11-13-10-15(20(2)19-13)16-8-5-9-22-16/h3-10H,11H2,1-2H3,(H,18,21). The highest BCUT2D eigenvalue weighted by atomic mass is 16.3. The van der Waals surface area contributed by atoms with Gasteiger partial charge in [-0.1, -0.05) is 18.2 Å². The van der Waals surface area contributed by atoms with Gasteiger partial charge in [-0.2, -0.15) is 5.10 Å². The van der Waals surface area contributed by atoms with E-state index in [1.54, 1.807) is 10.9 Å². The quantitative estimate of drug-likeness (QED) is 0.805. The fraction of sp³-hybridized carbons (Fsp3) is 0.176. The van der Waals surface area contributed by atoms with E-state index in [9.17, 15) is 4.79 Å². The summed E-state index contributed by atoms with van der Waals surface area (Å²) in [6.45, 7) is 2.30. The van der Waals surface area contributed by atoms with E-state index in [1.807, 2.05) is 56.4 Å². The van der Waals surface area contributed by atoms with Gasteiger partial charge in [-0.3, -0.25) is 9.48 Å². The topological polar surface area (TPSA) is 60.1 Å². The molecule has 0 aliphatic heterocycles. The van der Waals surface area contributed by atoms with E-state index in [0.717, 1.165) is 22.7 Å². The van der Waals surface area contributed by atoms with Crippen molar-refractivity contribution in [2.45, 2.75) is 13.5 Å². The Bertz CT molecular complexity index is 788. The Hall–Kier alpha value is -2.82. The van der Waals surface area contributed by atoms with Gasteiger partial charge in [0.2, 0.25) is 0 Å². The lowest BCUT2D eigenvalue weighted by Gasteiger charge is -2.05. The van der Waals surface area contributed by atoms with E-state index in [4.69, 9.17) is 4.42 Å². The number of hydrogen-bond donors (Lipinski definition) is 1. The maximum Gasteiger partial charge on any atom is 0.251 e. The first kappa shape index (κ1) is 14.1. The Labute approximate surface area is 128 Å². The average Bonchev–Trinajstić information content (AvgIpc) is 3.14. The van der Waals surface area contributed by atoms with Crippen LogP contribution in [-0.4, -0.2) is 15.7 Å². The van der Waals surface area contributed by atoms with E-state index in [1.165, 1.54) is 0 Å². The molecule has 5 nitrogen and oxygen atoms in total. The minimum Gasteiger partial charge on any atom is -0.463 e. The third-order valence-electron chi connectivity index (χ3n) is 3.52. The molecule has 22 heavy (non-hydrogen) atoms. The third kappa shape index (κ3) is 2.79. The second-order valence-corrected chi connectivity index (χ2v) is 5.12. The first-order chi connectivity index (χ1) is 10.6. The number of nitrogens with zero attached hydrogens (tertiary/aromatic N) is 2. The molecular formula is C17H17N3O2. The van der Waals surface area contributed by atoms with Crippen LogP contribution in [0.15, 0.2) is 53.1 Å². The molecule has 1 aromatic carbocycles. The summed E-state index contributed by atoms with van der Waals surface area (Å²) in [5.74, 6) is 0.662. The number of benzene rings is 1.